The molecule has 0 bridgehead atoms. The third-order valence-electron chi connectivity index (χ3n) is 4.73. The summed E-state index contributed by atoms with van der Waals surface area (Å²) >= 11 is 0. The second kappa shape index (κ2) is 9.04. The van der Waals surface area contributed by atoms with Gasteiger partial charge in [-0.05, 0) is 30.7 Å². The van der Waals surface area contributed by atoms with Crippen LogP contribution < -0.4 is 0 Å². The van der Waals surface area contributed by atoms with Gasteiger partial charge in [0, 0.05) is 37.8 Å². The van der Waals surface area contributed by atoms with Crippen molar-refractivity contribution in [3.63, 3.8) is 0 Å². The second-order valence-electron chi connectivity index (χ2n) is 6.62. The molecular formula is C21H23N3O3. The molecule has 3 heterocycles. The Morgan fingerprint density at radius 2 is 2.26 bits per heavy atom. The van der Waals surface area contributed by atoms with Crippen molar-refractivity contribution < 1.29 is 14.0 Å². The van der Waals surface area contributed by atoms with E-state index in [1.807, 2.05) is 24.3 Å². The van der Waals surface area contributed by atoms with E-state index in [9.17, 15) is 9.59 Å². The Hall–Kier alpha value is -3.07. The number of aromatic nitrogens is 1. The van der Waals surface area contributed by atoms with Crippen molar-refractivity contribution in [1.82, 2.24) is 14.8 Å². The molecule has 1 atom stereocenters. The zero-order chi connectivity index (χ0) is 19.1. The van der Waals surface area contributed by atoms with E-state index in [-0.39, 0.29) is 24.3 Å². The summed E-state index contributed by atoms with van der Waals surface area (Å²) < 4.78 is 5.34. The largest absolute Gasteiger partial charge is 0.467 e. The molecular weight excluding hydrogens is 342 g/mol. The molecule has 0 N–H and O–H groups in total. The standard InChI is InChI=1S/C21H23N3O3/c1-2-12-24(16-19-7-5-14-27-19)21(26)17-8-9-20(25)23(15-17)13-10-18-6-3-4-11-22-18/h1,3-7,11,14,17H,8-10,12-13,15-16H2/t17-/m0/s1. The van der Waals surface area contributed by atoms with Gasteiger partial charge >= 0.3 is 0 Å². The molecule has 0 aliphatic carbocycles. The van der Waals surface area contributed by atoms with E-state index in [0.29, 0.717) is 44.7 Å². The first-order valence-corrected chi connectivity index (χ1v) is 9.09. The van der Waals surface area contributed by atoms with Gasteiger partial charge in [0.05, 0.1) is 25.3 Å². The Balaban J connectivity index is 1.61. The van der Waals surface area contributed by atoms with Gasteiger partial charge in [0.2, 0.25) is 11.8 Å². The Labute approximate surface area is 159 Å². The van der Waals surface area contributed by atoms with Crippen molar-refractivity contribution in [3.05, 3.63) is 54.2 Å². The summed E-state index contributed by atoms with van der Waals surface area (Å²) in [6.07, 6.45) is 10.4. The van der Waals surface area contributed by atoms with Crippen LogP contribution in [-0.2, 0) is 22.6 Å². The molecule has 0 radical (unpaired) electrons. The van der Waals surface area contributed by atoms with Gasteiger partial charge in [-0.2, -0.15) is 0 Å². The molecule has 2 aromatic rings. The third-order valence-corrected chi connectivity index (χ3v) is 4.73. The van der Waals surface area contributed by atoms with Crippen LogP contribution in [0.5, 0.6) is 0 Å². The molecule has 1 fully saturated rings. The lowest BCUT2D eigenvalue weighted by molar-refractivity contribution is -0.143. The number of pyridine rings is 1. The summed E-state index contributed by atoms with van der Waals surface area (Å²) in [5.74, 6) is 3.05. The molecule has 2 aromatic heterocycles. The lowest BCUT2D eigenvalue weighted by Gasteiger charge is -2.34. The minimum atomic E-state index is -0.241. The first-order chi connectivity index (χ1) is 13.2. The van der Waals surface area contributed by atoms with Crippen molar-refractivity contribution in [2.75, 3.05) is 19.6 Å². The van der Waals surface area contributed by atoms with E-state index in [1.165, 1.54) is 0 Å². The Kier molecular flexibility index (Phi) is 6.26. The van der Waals surface area contributed by atoms with Gasteiger partial charge in [0.15, 0.2) is 0 Å². The molecule has 1 saturated heterocycles. The molecule has 140 valence electrons. The highest BCUT2D eigenvalue weighted by molar-refractivity contribution is 5.84. The maximum Gasteiger partial charge on any atom is 0.228 e. The molecule has 2 amide bonds. The number of carbonyl (C=O) groups excluding carboxylic acids is 2. The van der Waals surface area contributed by atoms with E-state index < -0.39 is 0 Å². The monoisotopic (exact) mass is 365 g/mol. The van der Waals surface area contributed by atoms with E-state index in [2.05, 4.69) is 10.9 Å². The van der Waals surface area contributed by atoms with Gasteiger partial charge < -0.3 is 14.2 Å². The fraction of sp³-hybridized carbons (Fsp3) is 0.381. The van der Waals surface area contributed by atoms with Crippen LogP contribution in [0, 0.1) is 18.3 Å². The summed E-state index contributed by atoms with van der Waals surface area (Å²) in [6, 6.07) is 9.34. The molecule has 6 heteroatoms. The number of terminal acetylenes is 1. The van der Waals surface area contributed by atoms with E-state index in [4.69, 9.17) is 10.8 Å². The van der Waals surface area contributed by atoms with Gasteiger partial charge in [0.25, 0.3) is 0 Å². The third kappa shape index (κ3) is 4.98. The summed E-state index contributed by atoms with van der Waals surface area (Å²) in [7, 11) is 0. The Bertz CT molecular complexity index is 796. The molecule has 3 rings (SSSR count). The summed E-state index contributed by atoms with van der Waals surface area (Å²) in [4.78, 5) is 32.9. The van der Waals surface area contributed by atoms with Crippen LogP contribution in [0.15, 0.2) is 47.2 Å². The summed E-state index contributed by atoms with van der Waals surface area (Å²) in [6.45, 7) is 1.54. The summed E-state index contributed by atoms with van der Waals surface area (Å²) in [5.41, 5.74) is 0.936. The molecule has 0 aromatic carbocycles. The highest BCUT2D eigenvalue weighted by Crippen LogP contribution is 2.21. The molecule has 0 unspecified atom stereocenters. The molecule has 6 nitrogen and oxygen atoms in total. The van der Waals surface area contributed by atoms with Crippen LogP contribution in [0.1, 0.15) is 24.3 Å². The fourth-order valence-electron chi connectivity index (χ4n) is 3.30. The normalized spacial score (nSPS) is 16.8. The van der Waals surface area contributed by atoms with Crippen LogP contribution in [0.25, 0.3) is 0 Å². The molecule has 1 aliphatic heterocycles. The number of piperidine rings is 1. The highest BCUT2D eigenvalue weighted by Gasteiger charge is 2.32. The number of amides is 2. The lowest BCUT2D eigenvalue weighted by Crippen LogP contribution is -2.47. The minimum Gasteiger partial charge on any atom is -0.467 e. The Morgan fingerprint density at radius 3 is 2.96 bits per heavy atom. The summed E-state index contributed by atoms with van der Waals surface area (Å²) in [5, 5.41) is 0. The first-order valence-electron chi connectivity index (χ1n) is 9.09. The number of carbonyl (C=O) groups is 2. The average Bonchev–Trinajstić information content (AvgIpc) is 3.20. The topological polar surface area (TPSA) is 66.7 Å². The number of likely N-dealkylation sites (tertiary alicyclic amines) is 1. The van der Waals surface area contributed by atoms with E-state index in [1.54, 1.807) is 28.3 Å². The van der Waals surface area contributed by atoms with Crippen LogP contribution >= 0.6 is 0 Å². The predicted molar refractivity (Wildman–Crippen MR) is 100 cm³/mol. The molecule has 0 saturated carbocycles. The highest BCUT2D eigenvalue weighted by atomic mass is 16.3. The van der Waals surface area contributed by atoms with Crippen molar-refractivity contribution in [3.8, 4) is 12.3 Å². The van der Waals surface area contributed by atoms with Gasteiger partial charge in [0.1, 0.15) is 5.76 Å². The lowest BCUT2D eigenvalue weighted by atomic mass is 9.95. The van der Waals surface area contributed by atoms with Gasteiger partial charge in [-0.15, -0.1) is 6.42 Å². The van der Waals surface area contributed by atoms with Crippen molar-refractivity contribution in [2.45, 2.75) is 25.8 Å². The first kappa shape index (κ1) is 18.7. The van der Waals surface area contributed by atoms with Crippen LogP contribution in [-0.4, -0.2) is 46.2 Å². The minimum absolute atomic E-state index is 0.0281. The van der Waals surface area contributed by atoms with Gasteiger partial charge in [-0.25, -0.2) is 0 Å². The Morgan fingerprint density at radius 1 is 1.37 bits per heavy atom. The molecule has 1 aliphatic rings. The SMILES string of the molecule is C#CCN(Cc1ccco1)C(=O)[C@H]1CCC(=O)N(CCc2ccccn2)C1. The van der Waals surface area contributed by atoms with Crippen molar-refractivity contribution in [2.24, 2.45) is 5.92 Å². The van der Waals surface area contributed by atoms with E-state index in [0.717, 1.165) is 5.69 Å². The predicted octanol–water partition coefficient (Wildman–Crippen LogP) is 2.12. The van der Waals surface area contributed by atoms with E-state index >= 15 is 0 Å². The maximum atomic E-state index is 13.0. The zero-order valence-corrected chi connectivity index (χ0v) is 15.2. The number of hydrogen-bond acceptors (Lipinski definition) is 4. The smallest absolute Gasteiger partial charge is 0.228 e. The van der Waals surface area contributed by atoms with Crippen LogP contribution in [0.2, 0.25) is 0 Å². The van der Waals surface area contributed by atoms with Gasteiger partial charge in [-0.3, -0.25) is 14.6 Å². The fourth-order valence-corrected chi connectivity index (χ4v) is 3.30. The molecule has 0 spiro atoms. The van der Waals surface area contributed by atoms with Crippen molar-refractivity contribution in [1.29, 1.82) is 0 Å². The molecule has 27 heavy (non-hydrogen) atoms. The van der Waals surface area contributed by atoms with Gasteiger partial charge in [-0.1, -0.05) is 12.0 Å². The van der Waals surface area contributed by atoms with Crippen LogP contribution in [0.4, 0.5) is 0 Å². The number of hydrogen-bond donors (Lipinski definition) is 0. The number of nitrogens with zero attached hydrogens (tertiary/aromatic N) is 3. The quantitative estimate of drug-likeness (QED) is 0.705. The van der Waals surface area contributed by atoms with Crippen LogP contribution in [0.3, 0.4) is 0 Å². The maximum absolute atomic E-state index is 13.0. The number of rotatable bonds is 7. The number of furan rings is 1. The zero-order valence-electron chi connectivity index (χ0n) is 15.2. The van der Waals surface area contributed by atoms with Crippen molar-refractivity contribution >= 4 is 11.8 Å². The second-order valence-corrected chi connectivity index (χ2v) is 6.62. The average molecular weight is 365 g/mol.